The monoisotopic (exact) mass is 285 g/mol. The Hall–Kier alpha value is -0.840. The summed E-state index contributed by atoms with van der Waals surface area (Å²) in [6.45, 7) is 3.59. The Balaban J connectivity index is 2.05. The molecule has 1 amide bonds. The largest absolute Gasteiger partial charge is 0.338 e. The third-order valence-corrected chi connectivity index (χ3v) is 4.13. The molecule has 1 aliphatic heterocycles. The molecule has 2 rings (SSSR count). The van der Waals surface area contributed by atoms with Gasteiger partial charge in [0, 0.05) is 43.1 Å². The zero-order valence-corrected chi connectivity index (χ0v) is 11.2. The summed E-state index contributed by atoms with van der Waals surface area (Å²) in [7, 11) is 1.92. The molecule has 5 heteroatoms. The molecule has 0 radical (unpaired) electrons. The number of rotatable bonds is 3. The highest BCUT2D eigenvalue weighted by molar-refractivity contribution is 9.09. The van der Waals surface area contributed by atoms with E-state index in [0.717, 1.165) is 23.1 Å². The van der Waals surface area contributed by atoms with Gasteiger partial charge in [-0.1, -0.05) is 15.9 Å². The van der Waals surface area contributed by atoms with Crippen LogP contribution >= 0.6 is 15.9 Å². The Morgan fingerprint density at radius 2 is 2.38 bits per heavy atom. The van der Waals surface area contributed by atoms with E-state index in [0.29, 0.717) is 18.9 Å². The molecule has 0 N–H and O–H groups in total. The van der Waals surface area contributed by atoms with E-state index in [2.05, 4.69) is 21.0 Å². The van der Waals surface area contributed by atoms with Crippen molar-refractivity contribution < 1.29 is 4.79 Å². The molecule has 0 saturated carbocycles. The van der Waals surface area contributed by atoms with Crippen molar-refractivity contribution in [1.82, 2.24) is 14.7 Å². The maximum Gasteiger partial charge on any atom is 0.223 e. The number of carbonyl (C=O) groups is 1. The molecule has 0 bridgehead atoms. The molecular weight excluding hydrogens is 270 g/mol. The summed E-state index contributed by atoms with van der Waals surface area (Å²) in [5.41, 5.74) is 2.28. The van der Waals surface area contributed by atoms with Gasteiger partial charge in [0.15, 0.2) is 0 Å². The van der Waals surface area contributed by atoms with Crippen LogP contribution in [0, 0.1) is 12.8 Å². The van der Waals surface area contributed by atoms with Crippen molar-refractivity contribution in [3.8, 4) is 0 Å². The van der Waals surface area contributed by atoms with E-state index in [1.807, 2.05) is 29.7 Å². The second kappa shape index (κ2) is 4.57. The number of aromatic nitrogens is 2. The van der Waals surface area contributed by atoms with E-state index in [-0.39, 0.29) is 5.91 Å². The molecule has 4 nitrogen and oxygen atoms in total. The van der Waals surface area contributed by atoms with Gasteiger partial charge in [-0.05, 0) is 12.8 Å². The number of carbonyl (C=O) groups excluding carboxylic acids is 1. The molecule has 1 unspecified atom stereocenters. The molecule has 16 heavy (non-hydrogen) atoms. The fourth-order valence-electron chi connectivity index (χ4n) is 2.02. The summed E-state index contributed by atoms with van der Waals surface area (Å²) in [6, 6.07) is 0. The molecule has 1 fully saturated rings. The number of aryl methyl sites for hydroxylation is 1. The van der Waals surface area contributed by atoms with Crippen LogP contribution in [0.2, 0.25) is 0 Å². The van der Waals surface area contributed by atoms with Gasteiger partial charge >= 0.3 is 0 Å². The van der Waals surface area contributed by atoms with Crippen LogP contribution < -0.4 is 0 Å². The molecule has 0 aliphatic carbocycles. The fraction of sp³-hybridized carbons (Fsp3) is 0.636. The number of halogens is 1. The number of likely N-dealkylation sites (tertiary alicyclic amines) is 1. The van der Waals surface area contributed by atoms with Crippen LogP contribution in [0.5, 0.6) is 0 Å². The first-order chi connectivity index (χ1) is 7.61. The summed E-state index contributed by atoms with van der Waals surface area (Å²) < 4.78 is 1.85. The van der Waals surface area contributed by atoms with E-state index in [1.165, 1.54) is 0 Å². The van der Waals surface area contributed by atoms with Gasteiger partial charge in [-0.2, -0.15) is 5.10 Å². The summed E-state index contributed by atoms with van der Waals surface area (Å²) in [6.07, 6.45) is 2.52. The van der Waals surface area contributed by atoms with E-state index in [4.69, 9.17) is 0 Å². The highest BCUT2D eigenvalue weighted by atomic mass is 79.9. The molecular formula is C11H16BrN3O. The van der Waals surface area contributed by atoms with Crippen molar-refractivity contribution in [3.63, 3.8) is 0 Å². The number of amides is 1. The van der Waals surface area contributed by atoms with Crippen LogP contribution in [-0.4, -0.2) is 32.5 Å². The minimum atomic E-state index is 0.257. The molecule has 0 aromatic carbocycles. The maximum atomic E-state index is 11.7. The average molecular weight is 286 g/mol. The Morgan fingerprint density at radius 3 is 2.88 bits per heavy atom. The highest BCUT2D eigenvalue weighted by Crippen LogP contribution is 2.22. The third-order valence-electron chi connectivity index (χ3n) is 3.21. The lowest BCUT2D eigenvalue weighted by atomic mass is 10.2. The predicted octanol–water partition coefficient (Wildman–Crippen LogP) is 1.47. The lowest BCUT2D eigenvalue weighted by Crippen LogP contribution is -2.25. The van der Waals surface area contributed by atoms with Crippen LogP contribution in [0.15, 0.2) is 6.20 Å². The Labute approximate surface area is 104 Å². The van der Waals surface area contributed by atoms with Crippen molar-refractivity contribution in [3.05, 3.63) is 17.5 Å². The number of hydrogen-bond acceptors (Lipinski definition) is 2. The molecule has 1 aliphatic rings. The Kier molecular flexibility index (Phi) is 3.33. The average Bonchev–Trinajstić information content (AvgIpc) is 2.77. The van der Waals surface area contributed by atoms with Crippen LogP contribution in [0.1, 0.15) is 17.7 Å². The fourth-order valence-corrected chi connectivity index (χ4v) is 2.45. The predicted molar refractivity (Wildman–Crippen MR) is 65.3 cm³/mol. The van der Waals surface area contributed by atoms with Crippen LogP contribution in [0.4, 0.5) is 0 Å². The Bertz CT molecular complexity index is 402. The van der Waals surface area contributed by atoms with E-state index < -0.39 is 0 Å². The van der Waals surface area contributed by atoms with Crippen LogP contribution in [0.3, 0.4) is 0 Å². The van der Waals surface area contributed by atoms with Gasteiger partial charge in [0.1, 0.15) is 0 Å². The van der Waals surface area contributed by atoms with Crippen molar-refractivity contribution >= 4 is 21.8 Å². The number of nitrogens with zero attached hydrogens (tertiary/aromatic N) is 3. The SMILES string of the molecule is Cc1c(CN2CC(CBr)CC2=O)cnn1C. The maximum absolute atomic E-state index is 11.7. The first kappa shape index (κ1) is 11.6. The normalized spacial score (nSPS) is 20.8. The second-order valence-corrected chi connectivity index (χ2v) is 5.03. The van der Waals surface area contributed by atoms with Crippen molar-refractivity contribution in [1.29, 1.82) is 0 Å². The zero-order chi connectivity index (χ0) is 11.7. The third kappa shape index (κ3) is 2.14. The lowest BCUT2D eigenvalue weighted by molar-refractivity contribution is -0.128. The number of hydrogen-bond donors (Lipinski definition) is 0. The van der Waals surface area contributed by atoms with E-state index in [9.17, 15) is 4.79 Å². The van der Waals surface area contributed by atoms with Crippen molar-refractivity contribution in [2.45, 2.75) is 19.9 Å². The minimum absolute atomic E-state index is 0.257. The summed E-state index contributed by atoms with van der Waals surface area (Å²) >= 11 is 3.44. The summed E-state index contributed by atoms with van der Waals surface area (Å²) in [4.78, 5) is 13.7. The second-order valence-electron chi connectivity index (χ2n) is 4.38. The smallest absolute Gasteiger partial charge is 0.223 e. The van der Waals surface area contributed by atoms with Gasteiger partial charge in [-0.25, -0.2) is 0 Å². The van der Waals surface area contributed by atoms with E-state index in [1.54, 1.807) is 0 Å². The minimum Gasteiger partial charge on any atom is -0.338 e. The topological polar surface area (TPSA) is 38.1 Å². The molecule has 1 atom stereocenters. The molecule has 0 spiro atoms. The van der Waals surface area contributed by atoms with Gasteiger partial charge in [-0.15, -0.1) is 0 Å². The molecule has 88 valence electrons. The lowest BCUT2D eigenvalue weighted by Gasteiger charge is -2.15. The summed E-state index contributed by atoms with van der Waals surface area (Å²) in [5, 5.41) is 5.10. The molecule has 1 aromatic rings. The number of alkyl halides is 1. The van der Waals surface area contributed by atoms with Crippen molar-refractivity contribution in [2.75, 3.05) is 11.9 Å². The van der Waals surface area contributed by atoms with Gasteiger partial charge in [0.25, 0.3) is 0 Å². The van der Waals surface area contributed by atoms with Gasteiger partial charge in [0.2, 0.25) is 5.91 Å². The molecule has 2 heterocycles. The first-order valence-corrected chi connectivity index (χ1v) is 6.55. The van der Waals surface area contributed by atoms with Crippen LogP contribution in [0.25, 0.3) is 0 Å². The molecule has 1 saturated heterocycles. The highest BCUT2D eigenvalue weighted by Gasteiger charge is 2.29. The first-order valence-electron chi connectivity index (χ1n) is 5.43. The quantitative estimate of drug-likeness (QED) is 0.789. The standard InChI is InChI=1S/C11H16BrN3O/c1-8-10(5-13-14(8)2)7-15-6-9(4-12)3-11(15)16/h5,9H,3-4,6-7H2,1-2H3. The van der Waals surface area contributed by atoms with E-state index >= 15 is 0 Å². The zero-order valence-electron chi connectivity index (χ0n) is 9.61. The van der Waals surface area contributed by atoms with Crippen LogP contribution in [-0.2, 0) is 18.4 Å². The van der Waals surface area contributed by atoms with Gasteiger partial charge < -0.3 is 4.90 Å². The Morgan fingerprint density at radius 1 is 1.62 bits per heavy atom. The molecule has 1 aromatic heterocycles. The van der Waals surface area contributed by atoms with Gasteiger partial charge in [-0.3, -0.25) is 9.48 Å². The summed E-state index contributed by atoms with van der Waals surface area (Å²) in [5.74, 6) is 0.720. The van der Waals surface area contributed by atoms with Crippen molar-refractivity contribution in [2.24, 2.45) is 13.0 Å². The van der Waals surface area contributed by atoms with Gasteiger partial charge in [0.05, 0.1) is 6.20 Å².